The fourth-order valence-electron chi connectivity index (χ4n) is 2.08. The molecule has 106 valence electrons. The molecule has 0 radical (unpaired) electrons. The highest BCUT2D eigenvalue weighted by atomic mass is 79.9. The van der Waals surface area contributed by atoms with Crippen LogP contribution in [0.15, 0.2) is 47.1 Å². The molecule has 0 bridgehead atoms. The Hall–Kier alpha value is -1.30. The molecule has 1 aromatic heterocycles. The summed E-state index contributed by atoms with van der Waals surface area (Å²) >= 11 is 3.36. The zero-order valence-electron chi connectivity index (χ0n) is 11.0. The van der Waals surface area contributed by atoms with Gasteiger partial charge in [-0.1, -0.05) is 22.0 Å². The molecule has 1 heterocycles. The number of hydrogen-bond donors (Lipinski definition) is 2. The van der Waals surface area contributed by atoms with Crippen molar-refractivity contribution < 1.29 is 4.39 Å². The van der Waals surface area contributed by atoms with Gasteiger partial charge in [0.15, 0.2) is 0 Å². The third kappa shape index (κ3) is 4.37. The molecule has 2 rings (SSSR count). The van der Waals surface area contributed by atoms with Crippen molar-refractivity contribution in [3.8, 4) is 0 Å². The fraction of sp³-hybridized carbons (Fsp3) is 0.267. The third-order valence-corrected chi connectivity index (χ3v) is 3.68. The summed E-state index contributed by atoms with van der Waals surface area (Å²) in [6.07, 6.45) is 3.94. The molecule has 0 amide bonds. The van der Waals surface area contributed by atoms with Gasteiger partial charge in [-0.05, 0) is 55.2 Å². The monoisotopic (exact) mass is 337 g/mol. The van der Waals surface area contributed by atoms with Crippen LogP contribution in [0.1, 0.15) is 17.7 Å². The van der Waals surface area contributed by atoms with Gasteiger partial charge in [0.05, 0.1) is 0 Å². The fourth-order valence-corrected chi connectivity index (χ4v) is 2.49. The lowest BCUT2D eigenvalue weighted by molar-refractivity contribution is 0.478. The molecule has 20 heavy (non-hydrogen) atoms. The van der Waals surface area contributed by atoms with Crippen LogP contribution in [0, 0.1) is 5.82 Å². The Morgan fingerprint density at radius 2 is 2.15 bits per heavy atom. The molecule has 2 aromatic rings. The Bertz CT molecular complexity index is 548. The van der Waals surface area contributed by atoms with Gasteiger partial charge < -0.3 is 0 Å². The van der Waals surface area contributed by atoms with E-state index in [4.69, 9.17) is 5.84 Å². The summed E-state index contributed by atoms with van der Waals surface area (Å²) in [5, 5.41) is 0. The van der Waals surface area contributed by atoms with Crippen LogP contribution in [0.2, 0.25) is 0 Å². The molecule has 0 fully saturated rings. The maximum Gasteiger partial charge on any atom is 0.126 e. The predicted molar refractivity (Wildman–Crippen MR) is 81.5 cm³/mol. The van der Waals surface area contributed by atoms with E-state index in [0.717, 1.165) is 23.0 Å². The SMILES string of the molecule is NNC(CCc1ccccn1)Cc1cc(Br)ccc1F. The lowest BCUT2D eigenvalue weighted by atomic mass is 10.0. The Morgan fingerprint density at radius 1 is 1.30 bits per heavy atom. The summed E-state index contributed by atoms with van der Waals surface area (Å²) < 4.78 is 14.6. The van der Waals surface area contributed by atoms with Crippen LogP contribution in [0.4, 0.5) is 4.39 Å². The van der Waals surface area contributed by atoms with Crippen molar-refractivity contribution in [3.05, 3.63) is 64.1 Å². The summed E-state index contributed by atoms with van der Waals surface area (Å²) in [6, 6.07) is 10.8. The number of nitrogens with one attached hydrogen (secondary N) is 1. The number of pyridine rings is 1. The molecule has 1 atom stereocenters. The Kier molecular flexibility index (Phi) is 5.64. The van der Waals surface area contributed by atoms with Crippen molar-refractivity contribution in [1.29, 1.82) is 0 Å². The second-order valence-electron chi connectivity index (χ2n) is 4.66. The van der Waals surface area contributed by atoms with Gasteiger partial charge in [-0.3, -0.25) is 16.3 Å². The zero-order valence-corrected chi connectivity index (χ0v) is 12.6. The summed E-state index contributed by atoms with van der Waals surface area (Å²) in [4.78, 5) is 4.27. The maximum absolute atomic E-state index is 13.7. The number of hydrogen-bond acceptors (Lipinski definition) is 3. The highest BCUT2D eigenvalue weighted by molar-refractivity contribution is 9.10. The number of aromatic nitrogens is 1. The van der Waals surface area contributed by atoms with Crippen LogP contribution in [0.25, 0.3) is 0 Å². The summed E-state index contributed by atoms with van der Waals surface area (Å²) in [5.74, 6) is 5.37. The smallest absolute Gasteiger partial charge is 0.126 e. The van der Waals surface area contributed by atoms with Crippen LogP contribution >= 0.6 is 15.9 Å². The average Bonchev–Trinajstić information content (AvgIpc) is 2.48. The summed E-state index contributed by atoms with van der Waals surface area (Å²) in [6.45, 7) is 0. The van der Waals surface area contributed by atoms with Crippen LogP contribution in [0.5, 0.6) is 0 Å². The van der Waals surface area contributed by atoms with Crippen LogP contribution in [0.3, 0.4) is 0 Å². The number of nitrogens with two attached hydrogens (primary N) is 1. The Balaban J connectivity index is 1.97. The number of rotatable bonds is 6. The maximum atomic E-state index is 13.7. The molecule has 0 spiro atoms. The van der Waals surface area contributed by atoms with Gasteiger partial charge >= 0.3 is 0 Å². The topological polar surface area (TPSA) is 50.9 Å². The summed E-state index contributed by atoms with van der Waals surface area (Å²) in [5.41, 5.74) is 4.43. The number of benzene rings is 1. The van der Waals surface area contributed by atoms with Crippen LogP contribution in [-0.4, -0.2) is 11.0 Å². The number of hydrazine groups is 1. The first-order valence-corrected chi connectivity index (χ1v) is 7.28. The molecule has 0 saturated carbocycles. The van der Waals surface area contributed by atoms with Crippen molar-refractivity contribution >= 4 is 15.9 Å². The molecular weight excluding hydrogens is 321 g/mol. The summed E-state index contributed by atoms with van der Waals surface area (Å²) in [7, 11) is 0. The van der Waals surface area contributed by atoms with Gasteiger partial charge in [0.2, 0.25) is 0 Å². The van der Waals surface area contributed by atoms with E-state index in [1.54, 1.807) is 18.3 Å². The van der Waals surface area contributed by atoms with Crippen LogP contribution in [-0.2, 0) is 12.8 Å². The van der Waals surface area contributed by atoms with Crippen molar-refractivity contribution in [2.75, 3.05) is 0 Å². The molecule has 0 aliphatic carbocycles. The highest BCUT2D eigenvalue weighted by Gasteiger charge is 2.12. The van der Waals surface area contributed by atoms with Gasteiger partial charge in [0.25, 0.3) is 0 Å². The van der Waals surface area contributed by atoms with E-state index < -0.39 is 0 Å². The highest BCUT2D eigenvalue weighted by Crippen LogP contribution is 2.18. The number of nitrogens with zero attached hydrogens (tertiary/aromatic N) is 1. The average molecular weight is 338 g/mol. The molecule has 3 N–H and O–H groups in total. The minimum Gasteiger partial charge on any atom is -0.271 e. The van der Waals surface area contributed by atoms with E-state index in [1.807, 2.05) is 18.2 Å². The van der Waals surface area contributed by atoms with Crippen molar-refractivity contribution in [1.82, 2.24) is 10.4 Å². The van der Waals surface area contributed by atoms with E-state index in [0.29, 0.717) is 12.0 Å². The van der Waals surface area contributed by atoms with Crippen LogP contribution < -0.4 is 11.3 Å². The van der Waals surface area contributed by atoms with Gasteiger partial charge in [-0.2, -0.15) is 0 Å². The van der Waals surface area contributed by atoms with E-state index in [9.17, 15) is 4.39 Å². The van der Waals surface area contributed by atoms with E-state index in [2.05, 4.69) is 26.3 Å². The minimum atomic E-state index is -0.203. The van der Waals surface area contributed by atoms with E-state index in [-0.39, 0.29) is 11.9 Å². The van der Waals surface area contributed by atoms with E-state index in [1.165, 1.54) is 6.07 Å². The molecule has 5 heteroatoms. The van der Waals surface area contributed by atoms with Gasteiger partial charge in [0.1, 0.15) is 5.82 Å². The largest absolute Gasteiger partial charge is 0.271 e. The number of aryl methyl sites for hydroxylation is 1. The minimum absolute atomic E-state index is 0.0146. The first-order valence-electron chi connectivity index (χ1n) is 6.49. The lowest BCUT2D eigenvalue weighted by Crippen LogP contribution is -2.37. The molecule has 3 nitrogen and oxygen atoms in total. The molecule has 1 unspecified atom stereocenters. The molecular formula is C15H17BrFN3. The lowest BCUT2D eigenvalue weighted by Gasteiger charge is -2.16. The molecule has 1 aromatic carbocycles. The first-order chi connectivity index (χ1) is 9.69. The quantitative estimate of drug-likeness (QED) is 0.629. The zero-order chi connectivity index (χ0) is 14.4. The Labute approximate surface area is 126 Å². The van der Waals surface area contributed by atoms with Gasteiger partial charge in [-0.15, -0.1) is 0 Å². The van der Waals surface area contributed by atoms with Gasteiger partial charge in [-0.25, -0.2) is 4.39 Å². The third-order valence-electron chi connectivity index (χ3n) is 3.18. The Morgan fingerprint density at radius 3 is 2.85 bits per heavy atom. The van der Waals surface area contributed by atoms with Crippen molar-refractivity contribution in [2.24, 2.45) is 5.84 Å². The second-order valence-corrected chi connectivity index (χ2v) is 5.58. The molecule has 0 saturated heterocycles. The van der Waals surface area contributed by atoms with E-state index >= 15 is 0 Å². The standard InChI is InChI=1S/C15H17BrFN3/c16-12-4-7-15(17)11(9-12)10-14(20-18)6-5-13-3-1-2-8-19-13/h1-4,7-9,14,20H,5-6,10,18H2. The van der Waals surface area contributed by atoms with Gasteiger partial charge in [0, 0.05) is 22.4 Å². The van der Waals surface area contributed by atoms with Crippen molar-refractivity contribution in [3.63, 3.8) is 0 Å². The van der Waals surface area contributed by atoms with Crippen molar-refractivity contribution in [2.45, 2.75) is 25.3 Å². The number of halogens is 2. The molecule has 0 aliphatic rings. The first kappa shape index (κ1) is 15.1. The normalized spacial score (nSPS) is 12.3. The molecule has 0 aliphatic heterocycles. The second kappa shape index (κ2) is 7.47. The predicted octanol–water partition coefficient (Wildman–Crippen LogP) is 2.99.